The van der Waals surface area contributed by atoms with Crippen molar-refractivity contribution in [3.05, 3.63) is 15.2 Å². The summed E-state index contributed by atoms with van der Waals surface area (Å²) in [6, 6.07) is 0. The first-order valence-electron chi connectivity index (χ1n) is 6.14. The van der Waals surface area contributed by atoms with E-state index in [0.29, 0.717) is 0 Å². The first kappa shape index (κ1) is 15.0. The molecular weight excluding hydrogens is 300 g/mol. The van der Waals surface area contributed by atoms with Gasteiger partial charge in [0.2, 0.25) is 0 Å². The van der Waals surface area contributed by atoms with Crippen LogP contribution in [-0.4, -0.2) is 44.5 Å². The van der Waals surface area contributed by atoms with Gasteiger partial charge in [0, 0.05) is 0 Å². The fraction of sp³-hybridized carbons (Fsp3) is 0.455. The average Bonchev–Trinajstić information content (AvgIpc) is 2.87. The molecule has 0 amide bonds. The second-order valence-corrected chi connectivity index (χ2v) is 4.56. The van der Waals surface area contributed by atoms with E-state index in [1.54, 1.807) is 13.8 Å². The van der Waals surface area contributed by atoms with Gasteiger partial charge in [0.1, 0.15) is 12.1 Å². The van der Waals surface area contributed by atoms with Crippen LogP contribution >= 0.6 is 11.5 Å². The minimum absolute atomic E-state index is 0.0256. The Morgan fingerprint density at radius 1 is 1.19 bits per heavy atom. The number of hydrogen-bond acceptors (Lipinski definition) is 9. The molecule has 2 rings (SSSR count). The number of aromatic nitrogens is 4. The summed E-state index contributed by atoms with van der Waals surface area (Å²) in [5, 5.41) is 7.39. The predicted octanol–water partition coefficient (Wildman–Crippen LogP) is -0.0122. The van der Waals surface area contributed by atoms with Gasteiger partial charge in [-0.1, -0.05) is 5.21 Å². The minimum Gasteiger partial charge on any atom is -0.465 e. The van der Waals surface area contributed by atoms with Crippen LogP contribution < -0.4 is 5.56 Å². The van der Waals surface area contributed by atoms with Gasteiger partial charge in [-0.15, -0.1) is 5.10 Å². The van der Waals surface area contributed by atoms with Crippen molar-refractivity contribution in [3.8, 4) is 0 Å². The zero-order valence-electron chi connectivity index (χ0n) is 11.4. The summed E-state index contributed by atoms with van der Waals surface area (Å²) in [5.41, 5.74) is -0.564. The maximum Gasteiger partial charge on any atom is 0.352 e. The van der Waals surface area contributed by atoms with Crippen molar-refractivity contribution in [1.82, 2.24) is 19.4 Å². The number of carbonyl (C=O) groups is 2. The van der Waals surface area contributed by atoms with E-state index >= 15 is 0 Å². The van der Waals surface area contributed by atoms with Gasteiger partial charge in [-0.2, -0.15) is 9.06 Å². The summed E-state index contributed by atoms with van der Waals surface area (Å²) in [5.74, 6) is -1.21. The number of nitrogens with zero attached hydrogens (tertiary/aromatic N) is 4. The molecule has 0 radical (unpaired) electrons. The van der Waals surface area contributed by atoms with Gasteiger partial charge >= 0.3 is 11.9 Å². The lowest BCUT2D eigenvalue weighted by Gasteiger charge is -2.03. The molecule has 0 spiro atoms. The van der Waals surface area contributed by atoms with Gasteiger partial charge < -0.3 is 9.47 Å². The van der Waals surface area contributed by atoms with E-state index in [1.807, 2.05) is 0 Å². The number of hydrogen-bond donors (Lipinski definition) is 0. The van der Waals surface area contributed by atoms with E-state index in [9.17, 15) is 14.4 Å². The number of fused-ring (bicyclic) bond motifs is 1. The van der Waals surface area contributed by atoms with Crippen molar-refractivity contribution in [2.45, 2.75) is 20.4 Å². The Bertz CT molecular complexity index is 738. The van der Waals surface area contributed by atoms with E-state index in [0.717, 1.165) is 16.2 Å². The van der Waals surface area contributed by atoms with E-state index in [4.69, 9.17) is 9.47 Å². The highest BCUT2D eigenvalue weighted by atomic mass is 32.1. The zero-order valence-corrected chi connectivity index (χ0v) is 12.2. The average molecular weight is 312 g/mol. The topological polar surface area (TPSA) is 113 Å². The Hall–Kier alpha value is -2.36. The van der Waals surface area contributed by atoms with Crippen LogP contribution in [0.25, 0.3) is 11.0 Å². The van der Waals surface area contributed by atoms with E-state index in [2.05, 4.69) is 14.7 Å². The quantitative estimate of drug-likeness (QED) is 0.708. The van der Waals surface area contributed by atoms with Crippen LogP contribution in [0.5, 0.6) is 0 Å². The van der Waals surface area contributed by atoms with Gasteiger partial charge in [-0.05, 0) is 25.4 Å². The van der Waals surface area contributed by atoms with Crippen molar-refractivity contribution < 1.29 is 19.1 Å². The summed E-state index contributed by atoms with van der Waals surface area (Å²) in [6.07, 6.45) is 0. The standard InChI is InChI=1S/C11H12N4O5S/c1-3-19-6(16)5-15-10(17)8-7(12-14-15)9(21-13-8)11(18)20-4-2/h3-5H2,1-2H3. The molecule has 0 aliphatic carbocycles. The molecule has 2 aromatic heterocycles. The highest BCUT2D eigenvalue weighted by Crippen LogP contribution is 2.17. The molecule has 0 N–H and O–H groups in total. The van der Waals surface area contributed by atoms with Crippen LogP contribution in [0, 0.1) is 0 Å². The molecule has 10 heteroatoms. The summed E-state index contributed by atoms with van der Waals surface area (Å²) >= 11 is 0.806. The second-order valence-electron chi connectivity index (χ2n) is 3.79. The smallest absolute Gasteiger partial charge is 0.352 e. The largest absolute Gasteiger partial charge is 0.465 e. The lowest BCUT2D eigenvalue weighted by molar-refractivity contribution is -0.144. The van der Waals surface area contributed by atoms with Crippen molar-refractivity contribution in [2.75, 3.05) is 13.2 Å². The van der Waals surface area contributed by atoms with Crippen molar-refractivity contribution in [3.63, 3.8) is 0 Å². The molecule has 9 nitrogen and oxygen atoms in total. The Morgan fingerprint density at radius 2 is 1.90 bits per heavy atom. The van der Waals surface area contributed by atoms with E-state index in [-0.39, 0.29) is 35.7 Å². The first-order valence-corrected chi connectivity index (χ1v) is 6.91. The van der Waals surface area contributed by atoms with Gasteiger partial charge in [0.25, 0.3) is 5.56 Å². The molecule has 0 unspecified atom stereocenters. The maximum absolute atomic E-state index is 12.1. The molecule has 0 atom stereocenters. The molecule has 2 heterocycles. The summed E-state index contributed by atoms with van der Waals surface area (Å²) in [7, 11) is 0. The Kier molecular flexibility index (Phi) is 4.58. The van der Waals surface area contributed by atoms with Gasteiger partial charge in [0.05, 0.1) is 13.2 Å². The van der Waals surface area contributed by atoms with Crippen LogP contribution in [0.3, 0.4) is 0 Å². The van der Waals surface area contributed by atoms with E-state index < -0.39 is 17.5 Å². The van der Waals surface area contributed by atoms with Crippen molar-refractivity contribution in [1.29, 1.82) is 0 Å². The predicted molar refractivity (Wildman–Crippen MR) is 72.1 cm³/mol. The number of carbonyl (C=O) groups excluding carboxylic acids is 2. The van der Waals surface area contributed by atoms with Crippen molar-refractivity contribution >= 4 is 34.5 Å². The van der Waals surface area contributed by atoms with E-state index in [1.165, 1.54) is 0 Å². The molecule has 2 aromatic rings. The maximum atomic E-state index is 12.1. The van der Waals surface area contributed by atoms with Gasteiger partial charge in [-0.3, -0.25) is 9.59 Å². The molecule has 0 saturated heterocycles. The lowest BCUT2D eigenvalue weighted by atomic mass is 10.4. The molecule has 0 aromatic carbocycles. The molecule has 0 aliphatic heterocycles. The highest BCUT2D eigenvalue weighted by molar-refractivity contribution is 7.09. The van der Waals surface area contributed by atoms with Crippen LogP contribution in [0.2, 0.25) is 0 Å². The molecular formula is C11H12N4O5S. The number of ether oxygens (including phenoxy) is 2. The molecule has 0 bridgehead atoms. The van der Waals surface area contributed by atoms with Crippen molar-refractivity contribution in [2.24, 2.45) is 0 Å². The lowest BCUT2D eigenvalue weighted by Crippen LogP contribution is -2.28. The third kappa shape index (κ3) is 3.05. The molecule has 0 saturated carbocycles. The summed E-state index contributed by atoms with van der Waals surface area (Å²) in [4.78, 5) is 35.3. The van der Waals surface area contributed by atoms with Crippen LogP contribution in [0.4, 0.5) is 0 Å². The fourth-order valence-corrected chi connectivity index (χ4v) is 2.25. The van der Waals surface area contributed by atoms with Gasteiger partial charge in [-0.25, -0.2) is 4.79 Å². The minimum atomic E-state index is -0.611. The Morgan fingerprint density at radius 3 is 2.57 bits per heavy atom. The summed E-state index contributed by atoms with van der Waals surface area (Å²) < 4.78 is 14.3. The third-order valence-electron chi connectivity index (χ3n) is 2.40. The fourth-order valence-electron chi connectivity index (χ4n) is 1.54. The number of esters is 2. The Balaban J connectivity index is 2.38. The van der Waals surface area contributed by atoms with Crippen LogP contribution in [0.1, 0.15) is 23.5 Å². The number of rotatable bonds is 5. The third-order valence-corrected chi connectivity index (χ3v) is 3.22. The Labute approximate surface area is 122 Å². The SMILES string of the molecule is CCOC(=O)Cn1nnc2c(C(=O)OCC)snc2c1=O. The van der Waals surface area contributed by atoms with Gasteiger partial charge in [0.15, 0.2) is 10.4 Å². The normalized spacial score (nSPS) is 10.6. The monoisotopic (exact) mass is 312 g/mol. The zero-order chi connectivity index (χ0) is 15.4. The molecule has 21 heavy (non-hydrogen) atoms. The molecule has 0 aliphatic rings. The first-order chi connectivity index (χ1) is 10.1. The summed E-state index contributed by atoms with van der Waals surface area (Å²) in [6.45, 7) is 3.36. The van der Waals surface area contributed by atoms with Crippen LogP contribution in [-0.2, 0) is 20.8 Å². The molecule has 0 fully saturated rings. The second kappa shape index (κ2) is 6.39. The highest BCUT2D eigenvalue weighted by Gasteiger charge is 2.21. The van der Waals surface area contributed by atoms with Crippen LogP contribution in [0.15, 0.2) is 4.79 Å². The molecule has 112 valence electrons.